The predicted octanol–water partition coefficient (Wildman–Crippen LogP) is 14.3. The van der Waals surface area contributed by atoms with Crippen LogP contribution in [0.5, 0.6) is 0 Å². The molecule has 1 atom stereocenters. The molecule has 1 aliphatic carbocycles. The number of fused-ring (bicyclic) bond motifs is 5. The summed E-state index contributed by atoms with van der Waals surface area (Å²) in [6.07, 6.45) is 9.90. The molecule has 2 nitrogen and oxygen atoms in total. The van der Waals surface area contributed by atoms with Crippen molar-refractivity contribution < 1.29 is 0 Å². The zero-order valence-corrected chi connectivity index (χ0v) is 29.9. The fraction of sp³-hybridized carbons (Fsp3) is 0.0385. The van der Waals surface area contributed by atoms with Crippen LogP contribution in [0.1, 0.15) is 17.9 Å². The van der Waals surface area contributed by atoms with E-state index >= 15 is 0 Å². The van der Waals surface area contributed by atoms with Gasteiger partial charge in [0.25, 0.3) is 0 Å². The number of benzene rings is 8. The number of rotatable bonds is 7. The summed E-state index contributed by atoms with van der Waals surface area (Å²) in [5.74, 6) is 0.425. The molecule has 1 heterocycles. The van der Waals surface area contributed by atoms with Crippen molar-refractivity contribution in [2.45, 2.75) is 12.3 Å². The zero-order chi connectivity index (χ0) is 35.8. The SMILES string of the molecule is C1=CCC(c2cccc(-c3ccc(N(c4ccccc4)c4cccc(-c5cccc6c5c5c7ccccc7ccc5n6-c5ccccc5)c4)cc3)c2)C=C1. The summed E-state index contributed by atoms with van der Waals surface area (Å²) in [4.78, 5) is 2.37. The van der Waals surface area contributed by atoms with Gasteiger partial charge in [0.2, 0.25) is 0 Å². The third kappa shape index (κ3) is 5.60. The van der Waals surface area contributed by atoms with Gasteiger partial charge >= 0.3 is 0 Å². The maximum atomic E-state index is 2.42. The lowest BCUT2D eigenvalue weighted by Gasteiger charge is -2.26. The Morgan fingerprint density at radius 1 is 0.463 bits per heavy atom. The topological polar surface area (TPSA) is 8.17 Å². The minimum atomic E-state index is 0.425. The normalized spacial score (nSPS) is 13.9. The standard InChI is InChI=1S/C52H38N2/c1-4-15-37(16-5-1)40-18-12-19-41(35-40)38-29-32-45(33-30-38)53(43-21-6-2-7-22-43)46-25-13-20-42(36-46)48-27-14-28-49-52(48)51-47-26-11-10-17-39(47)31-34-50(51)54(49)44-23-8-3-9-24-44/h1-15,17-37H,16H2. The van der Waals surface area contributed by atoms with Crippen LogP contribution < -0.4 is 4.90 Å². The number of hydrogen-bond donors (Lipinski definition) is 0. The summed E-state index contributed by atoms with van der Waals surface area (Å²) in [5.41, 5.74) is 13.1. The highest BCUT2D eigenvalue weighted by atomic mass is 15.1. The van der Waals surface area contributed by atoms with Crippen LogP contribution in [-0.4, -0.2) is 4.57 Å². The third-order valence-electron chi connectivity index (χ3n) is 10.9. The van der Waals surface area contributed by atoms with Gasteiger partial charge in [0.1, 0.15) is 0 Å². The van der Waals surface area contributed by atoms with E-state index in [1.807, 2.05) is 0 Å². The van der Waals surface area contributed by atoms with Crippen molar-refractivity contribution in [3.05, 3.63) is 218 Å². The smallest absolute Gasteiger partial charge is 0.0547 e. The van der Waals surface area contributed by atoms with Gasteiger partial charge in [-0.15, -0.1) is 0 Å². The van der Waals surface area contributed by atoms with Gasteiger partial charge in [0.05, 0.1) is 11.0 Å². The van der Waals surface area contributed by atoms with Crippen LogP contribution in [0, 0.1) is 0 Å². The molecular formula is C52H38N2. The zero-order valence-electron chi connectivity index (χ0n) is 29.9. The first kappa shape index (κ1) is 31.8. The molecule has 1 aromatic heterocycles. The summed E-state index contributed by atoms with van der Waals surface area (Å²) >= 11 is 0. The Morgan fingerprint density at radius 2 is 1.17 bits per heavy atom. The van der Waals surface area contributed by atoms with Gasteiger partial charge in [-0.1, -0.05) is 152 Å². The predicted molar refractivity (Wildman–Crippen MR) is 229 cm³/mol. The molecule has 0 saturated heterocycles. The first-order valence-corrected chi connectivity index (χ1v) is 18.8. The second-order valence-electron chi connectivity index (χ2n) is 14.1. The van der Waals surface area contributed by atoms with Crippen molar-refractivity contribution in [3.8, 4) is 27.9 Å². The number of aromatic nitrogens is 1. The van der Waals surface area contributed by atoms with Crippen molar-refractivity contribution >= 4 is 49.6 Å². The third-order valence-corrected chi connectivity index (χ3v) is 10.9. The van der Waals surface area contributed by atoms with Crippen LogP contribution in [0.15, 0.2) is 212 Å². The monoisotopic (exact) mass is 690 g/mol. The van der Waals surface area contributed by atoms with Crippen molar-refractivity contribution in [3.63, 3.8) is 0 Å². The average molecular weight is 691 g/mol. The maximum absolute atomic E-state index is 2.42. The van der Waals surface area contributed by atoms with E-state index in [2.05, 4.69) is 222 Å². The molecular weight excluding hydrogens is 653 g/mol. The van der Waals surface area contributed by atoms with Gasteiger partial charge < -0.3 is 9.47 Å². The summed E-state index contributed by atoms with van der Waals surface area (Å²) in [6.45, 7) is 0. The Hall–Kier alpha value is -6.90. The van der Waals surface area contributed by atoms with Gasteiger partial charge in [0, 0.05) is 39.4 Å². The molecule has 2 heteroatoms. The quantitative estimate of drug-likeness (QED) is 0.162. The maximum Gasteiger partial charge on any atom is 0.0547 e. The van der Waals surface area contributed by atoms with Crippen molar-refractivity contribution in [2.24, 2.45) is 0 Å². The van der Waals surface area contributed by atoms with Gasteiger partial charge in [-0.05, 0) is 106 Å². The van der Waals surface area contributed by atoms with Crippen LogP contribution in [0.2, 0.25) is 0 Å². The number of para-hydroxylation sites is 2. The lowest BCUT2D eigenvalue weighted by atomic mass is 9.90. The minimum Gasteiger partial charge on any atom is -0.310 e. The largest absolute Gasteiger partial charge is 0.310 e. The fourth-order valence-electron chi connectivity index (χ4n) is 8.34. The second kappa shape index (κ2) is 13.6. The molecule has 0 saturated carbocycles. The Labute approximate surface area is 316 Å². The Kier molecular flexibility index (Phi) is 8.00. The molecule has 0 radical (unpaired) electrons. The van der Waals surface area contributed by atoms with Crippen LogP contribution in [0.25, 0.3) is 60.5 Å². The molecule has 8 aromatic carbocycles. The highest BCUT2D eigenvalue weighted by molar-refractivity contribution is 6.25. The van der Waals surface area contributed by atoms with Gasteiger partial charge in [-0.3, -0.25) is 0 Å². The van der Waals surface area contributed by atoms with E-state index in [0.29, 0.717) is 5.92 Å². The molecule has 9 aromatic rings. The highest BCUT2D eigenvalue weighted by Crippen LogP contribution is 2.44. The molecule has 0 amide bonds. The molecule has 10 rings (SSSR count). The van der Waals surface area contributed by atoms with E-state index < -0.39 is 0 Å². The van der Waals surface area contributed by atoms with E-state index in [4.69, 9.17) is 0 Å². The van der Waals surface area contributed by atoms with E-state index in [1.54, 1.807) is 0 Å². The Bertz CT molecular complexity index is 2840. The summed E-state index contributed by atoms with van der Waals surface area (Å²) in [6, 6.07) is 68.5. The van der Waals surface area contributed by atoms with E-state index in [0.717, 1.165) is 29.2 Å². The number of nitrogens with zero attached hydrogens (tertiary/aromatic N) is 2. The molecule has 256 valence electrons. The summed E-state index contributed by atoms with van der Waals surface area (Å²) < 4.78 is 2.42. The van der Waals surface area contributed by atoms with E-state index in [9.17, 15) is 0 Å². The molecule has 1 aliphatic rings. The fourth-order valence-corrected chi connectivity index (χ4v) is 8.34. The minimum absolute atomic E-state index is 0.425. The number of anilines is 3. The molecule has 0 spiro atoms. The van der Waals surface area contributed by atoms with Crippen LogP contribution >= 0.6 is 0 Å². The first-order chi connectivity index (χ1) is 26.8. The van der Waals surface area contributed by atoms with Crippen molar-refractivity contribution in [1.29, 1.82) is 0 Å². The lowest BCUT2D eigenvalue weighted by Crippen LogP contribution is -2.09. The highest BCUT2D eigenvalue weighted by Gasteiger charge is 2.20. The van der Waals surface area contributed by atoms with Gasteiger partial charge in [0.15, 0.2) is 0 Å². The second-order valence-corrected chi connectivity index (χ2v) is 14.1. The van der Waals surface area contributed by atoms with Crippen LogP contribution in [0.3, 0.4) is 0 Å². The van der Waals surface area contributed by atoms with Gasteiger partial charge in [-0.2, -0.15) is 0 Å². The molecule has 0 aliphatic heterocycles. The number of hydrogen-bond acceptors (Lipinski definition) is 1. The van der Waals surface area contributed by atoms with Crippen LogP contribution in [0.4, 0.5) is 17.1 Å². The molecule has 54 heavy (non-hydrogen) atoms. The van der Waals surface area contributed by atoms with E-state index in [1.165, 1.54) is 60.4 Å². The molecule has 0 N–H and O–H groups in total. The van der Waals surface area contributed by atoms with Gasteiger partial charge in [-0.25, -0.2) is 0 Å². The van der Waals surface area contributed by atoms with E-state index in [-0.39, 0.29) is 0 Å². The molecule has 1 unspecified atom stereocenters. The summed E-state index contributed by atoms with van der Waals surface area (Å²) in [7, 11) is 0. The average Bonchev–Trinajstić information content (AvgIpc) is 3.60. The lowest BCUT2D eigenvalue weighted by molar-refractivity contribution is 0.854. The Balaban J connectivity index is 1.11. The van der Waals surface area contributed by atoms with Crippen LogP contribution in [-0.2, 0) is 0 Å². The van der Waals surface area contributed by atoms with Crippen molar-refractivity contribution in [1.82, 2.24) is 4.57 Å². The summed E-state index contributed by atoms with van der Waals surface area (Å²) in [5, 5.41) is 5.06. The Morgan fingerprint density at radius 3 is 2.00 bits per heavy atom. The molecule has 0 fully saturated rings. The molecule has 0 bridgehead atoms. The number of allylic oxidation sites excluding steroid dienone is 4. The van der Waals surface area contributed by atoms with Crippen molar-refractivity contribution in [2.75, 3.05) is 4.90 Å². The first-order valence-electron chi connectivity index (χ1n) is 18.8.